The van der Waals surface area contributed by atoms with E-state index < -0.39 is 0 Å². The van der Waals surface area contributed by atoms with Gasteiger partial charge in [0.15, 0.2) is 0 Å². The highest BCUT2D eigenvalue weighted by atomic mass is 16.5. The lowest BCUT2D eigenvalue weighted by Crippen LogP contribution is -2.04. The molecule has 3 rings (SSSR count). The van der Waals surface area contributed by atoms with E-state index >= 15 is 0 Å². The molecule has 0 saturated heterocycles. The molecule has 0 radical (unpaired) electrons. The standard InChI is InChI=1S/C17H16N2O/c18-11-14-5-1-2-6-15(14)12-20-16-9-3-7-13-8-4-10-19-17(13)16/h1-10H,11-12,18H2. The molecule has 0 unspecified atom stereocenters. The quantitative estimate of drug-likeness (QED) is 0.786. The second kappa shape index (κ2) is 5.72. The molecule has 3 aromatic rings. The van der Waals surface area contributed by atoms with Gasteiger partial charge in [-0.1, -0.05) is 42.5 Å². The van der Waals surface area contributed by atoms with Crippen molar-refractivity contribution in [2.45, 2.75) is 13.2 Å². The normalized spacial score (nSPS) is 10.7. The summed E-state index contributed by atoms with van der Waals surface area (Å²) >= 11 is 0. The van der Waals surface area contributed by atoms with Crippen molar-refractivity contribution in [1.29, 1.82) is 0 Å². The zero-order valence-corrected chi connectivity index (χ0v) is 11.1. The molecule has 0 aliphatic carbocycles. The molecular weight excluding hydrogens is 248 g/mol. The van der Waals surface area contributed by atoms with Crippen molar-refractivity contribution in [2.75, 3.05) is 0 Å². The van der Waals surface area contributed by atoms with Crippen LogP contribution in [0.5, 0.6) is 5.75 Å². The van der Waals surface area contributed by atoms with Crippen LogP contribution in [0.1, 0.15) is 11.1 Å². The summed E-state index contributed by atoms with van der Waals surface area (Å²) in [7, 11) is 0. The van der Waals surface area contributed by atoms with Crippen molar-refractivity contribution in [1.82, 2.24) is 4.98 Å². The van der Waals surface area contributed by atoms with Gasteiger partial charge in [-0.25, -0.2) is 0 Å². The third kappa shape index (κ3) is 2.49. The number of rotatable bonds is 4. The maximum Gasteiger partial charge on any atom is 0.146 e. The van der Waals surface area contributed by atoms with Crippen LogP contribution in [0.2, 0.25) is 0 Å². The molecule has 3 nitrogen and oxygen atoms in total. The van der Waals surface area contributed by atoms with E-state index in [1.54, 1.807) is 6.20 Å². The number of fused-ring (bicyclic) bond motifs is 1. The van der Waals surface area contributed by atoms with Gasteiger partial charge in [0.25, 0.3) is 0 Å². The highest BCUT2D eigenvalue weighted by Crippen LogP contribution is 2.24. The van der Waals surface area contributed by atoms with Crippen LogP contribution in [-0.2, 0) is 13.2 Å². The van der Waals surface area contributed by atoms with Crippen molar-refractivity contribution in [3.63, 3.8) is 0 Å². The molecule has 0 saturated carbocycles. The summed E-state index contributed by atoms with van der Waals surface area (Å²) in [6.07, 6.45) is 1.78. The van der Waals surface area contributed by atoms with Crippen molar-refractivity contribution >= 4 is 10.9 Å². The van der Waals surface area contributed by atoms with E-state index in [9.17, 15) is 0 Å². The number of nitrogens with zero attached hydrogens (tertiary/aromatic N) is 1. The lowest BCUT2D eigenvalue weighted by molar-refractivity contribution is 0.308. The van der Waals surface area contributed by atoms with Crippen LogP contribution < -0.4 is 10.5 Å². The fraction of sp³-hybridized carbons (Fsp3) is 0.118. The Labute approximate surface area is 118 Å². The molecule has 0 amide bonds. The first-order valence-electron chi connectivity index (χ1n) is 6.62. The van der Waals surface area contributed by atoms with Gasteiger partial charge in [0.05, 0.1) is 0 Å². The second-order valence-corrected chi connectivity index (χ2v) is 4.59. The molecule has 0 atom stereocenters. The Balaban J connectivity index is 1.87. The van der Waals surface area contributed by atoms with Crippen molar-refractivity contribution in [2.24, 2.45) is 5.73 Å². The molecular formula is C17H16N2O. The fourth-order valence-electron chi connectivity index (χ4n) is 2.25. The number of pyridine rings is 1. The fourth-order valence-corrected chi connectivity index (χ4v) is 2.25. The van der Waals surface area contributed by atoms with Gasteiger partial charge >= 0.3 is 0 Å². The Morgan fingerprint density at radius 3 is 2.55 bits per heavy atom. The summed E-state index contributed by atoms with van der Waals surface area (Å²) < 4.78 is 5.93. The average Bonchev–Trinajstić information content (AvgIpc) is 2.53. The number of aromatic nitrogens is 1. The molecule has 2 N–H and O–H groups in total. The van der Waals surface area contributed by atoms with Crippen LogP contribution in [0.3, 0.4) is 0 Å². The smallest absolute Gasteiger partial charge is 0.146 e. The molecule has 1 aromatic heterocycles. The molecule has 1 heterocycles. The molecule has 20 heavy (non-hydrogen) atoms. The SMILES string of the molecule is NCc1ccccc1COc1cccc2cccnc12. The predicted molar refractivity (Wildman–Crippen MR) is 80.4 cm³/mol. The van der Waals surface area contributed by atoms with Crippen molar-refractivity contribution < 1.29 is 4.74 Å². The minimum absolute atomic E-state index is 0.503. The van der Waals surface area contributed by atoms with Gasteiger partial charge in [-0.15, -0.1) is 0 Å². The Kier molecular flexibility index (Phi) is 3.61. The number of para-hydroxylation sites is 1. The Bertz CT molecular complexity index is 720. The molecule has 100 valence electrons. The molecule has 2 aromatic carbocycles. The van der Waals surface area contributed by atoms with E-state index in [0.717, 1.165) is 27.8 Å². The highest BCUT2D eigenvalue weighted by Gasteiger charge is 2.05. The van der Waals surface area contributed by atoms with Crippen molar-refractivity contribution in [3.8, 4) is 5.75 Å². The number of hydrogen-bond donors (Lipinski definition) is 1. The molecule has 0 aliphatic rings. The summed E-state index contributed by atoms with van der Waals surface area (Å²) in [4.78, 5) is 4.39. The van der Waals surface area contributed by atoms with Gasteiger partial charge in [0, 0.05) is 18.1 Å². The number of hydrogen-bond acceptors (Lipinski definition) is 3. The van der Waals surface area contributed by atoms with Gasteiger partial charge < -0.3 is 10.5 Å². The van der Waals surface area contributed by atoms with Gasteiger partial charge in [-0.2, -0.15) is 0 Å². The largest absolute Gasteiger partial charge is 0.487 e. The van der Waals surface area contributed by atoms with E-state index in [0.29, 0.717) is 13.2 Å². The van der Waals surface area contributed by atoms with E-state index in [1.165, 1.54) is 0 Å². The topological polar surface area (TPSA) is 48.1 Å². The van der Waals surface area contributed by atoms with Gasteiger partial charge in [-0.3, -0.25) is 4.98 Å². The molecule has 0 aliphatic heterocycles. The van der Waals surface area contributed by atoms with Gasteiger partial charge in [0.1, 0.15) is 17.9 Å². The first kappa shape index (κ1) is 12.6. The molecule has 0 bridgehead atoms. The number of ether oxygens (including phenoxy) is 1. The Morgan fingerprint density at radius 2 is 1.70 bits per heavy atom. The minimum Gasteiger partial charge on any atom is -0.487 e. The van der Waals surface area contributed by atoms with E-state index in [4.69, 9.17) is 10.5 Å². The van der Waals surface area contributed by atoms with Crippen LogP contribution in [0, 0.1) is 0 Å². The van der Waals surface area contributed by atoms with E-state index in [2.05, 4.69) is 4.98 Å². The maximum atomic E-state index is 5.93. The molecule has 0 fully saturated rings. The maximum absolute atomic E-state index is 5.93. The van der Waals surface area contributed by atoms with Gasteiger partial charge in [-0.05, 0) is 23.3 Å². The third-order valence-corrected chi connectivity index (χ3v) is 3.32. The van der Waals surface area contributed by atoms with E-state index in [1.807, 2.05) is 54.6 Å². The second-order valence-electron chi connectivity index (χ2n) is 4.59. The molecule has 3 heteroatoms. The predicted octanol–water partition coefficient (Wildman–Crippen LogP) is 3.27. The van der Waals surface area contributed by atoms with Crippen LogP contribution in [0.4, 0.5) is 0 Å². The summed E-state index contributed by atoms with van der Waals surface area (Å²) in [6.45, 7) is 1.02. The monoisotopic (exact) mass is 264 g/mol. The highest BCUT2D eigenvalue weighted by molar-refractivity contribution is 5.84. The summed E-state index contributed by atoms with van der Waals surface area (Å²) in [5, 5.41) is 1.08. The number of nitrogens with two attached hydrogens (primary N) is 1. The summed E-state index contributed by atoms with van der Waals surface area (Å²) in [6, 6.07) is 18.0. The summed E-state index contributed by atoms with van der Waals surface area (Å²) in [5.74, 6) is 0.801. The minimum atomic E-state index is 0.503. The third-order valence-electron chi connectivity index (χ3n) is 3.32. The Morgan fingerprint density at radius 1 is 0.900 bits per heavy atom. The first-order valence-corrected chi connectivity index (χ1v) is 6.62. The summed E-state index contributed by atoms with van der Waals surface area (Å²) in [5.41, 5.74) is 8.86. The Hall–Kier alpha value is -2.39. The van der Waals surface area contributed by atoms with Crippen LogP contribution in [-0.4, -0.2) is 4.98 Å². The zero-order valence-electron chi connectivity index (χ0n) is 11.1. The lowest BCUT2D eigenvalue weighted by atomic mass is 10.1. The van der Waals surface area contributed by atoms with Crippen LogP contribution in [0.15, 0.2) is 60.8 Å². The lowest BCUT2D eigenvalue weighted by Gasteiger charge is -2.11. The van der Waals surface area contributed by atoms with Crippen LogP contribution in [0.25, 0.3) is 10.9 Å². The van der Waals surface area contributed by atoms with Crippen molar-refractivity contribution in [3.05, 3.63) is 71.9 Å². The first-order chi connectivity index (χ1) is 9.88. The molecule has 0 spiro atoms. The number of benzene rings is 2. The average molecular weight is 264 g/mol. The van der Waals surface area contributed by atoms with E-state index in [-0.39, 0.29) is 0 Å². The van der Waals surface area contributed by atoms with Gasteiger partial charge in [0.2, 0.25) is 0 Å². The van der Waals surface area contributed by atoms with Crippen LogP contribution >= 0.6 is 0 Å². The zero-order chi connectivity index (χ0) is 13.8.